The van der Waals surface area contributed by atoms with E-state index in [-0.39, 0.29) is 18.7 Å². The summed E-state index contributed by atoms with van der Waals surface area (Å²) in [4.78, 5) is 0. The molecule has 1 aliphatic heterocycles. The van der Waals surface area contributed by atoms with Gasteiger partial charge in [0.2, 0.25) is 0 Å². The average molecular weight is 355 g/mol. The molecule has 0 saturated carbocycles. The van der Waals surface area contributed by atoms with E-state index in [4.69, 9.17) is 18.5 Å². The molecule has 1 fully saturated rings. The van der Waals surface area contributed by atoms with Crippen LogP contribution in [0.3, 0.4) is 0 Å². The van der Waals surface area contributed by atoms with Crippen LogP contribution in [0.4, 0.5) is 0 Å². The molecule has 0 amide bonds. The van der Waals surface area contributed by atoms with Gasteiger partial charge in [0.1, 0.15) is 24.4 Å². The second-order valence-electron chi connectivity index (χ2n) is 6.03. The van der Waals surface area contributed by atoms with E-state index in [1.54, 1.807) is 7.11 Å². The summed E-state index contributed by atoms with van der Waals surface area (Å²) in [6.45, 7) is 8.20. The first-order chi connectivity index (χ1) is 10.7. The van der Waals surface area contributed by atoms with E-state index in [2.05, 4.69) is 4.67 Å². The molecule has 0 bridgehead atoms. The predicted molar refractivity (Wildman–Crippen MR) is 85.7 cm³/mol. The van der Waals surface area contributed by atoms with Gasteiger partial charge in [-0.15, -0.1) is 0 Å². The number of methoxy groups -OCH3 is 1. The highest BCUT2D eigenvalue weighted by molar-refractivity contribution is 7.44. The molecule has 9 heteroatoms. The Bertz CT molecular complexity index is 337. The van der Waals surface area contributed by atoms with Crippen molar-refractivity contribution in [1.82, 2.24) is 4.67 Å². The summed E-state index contributed by atoms with van der Waals surface area (Å²) in [7, 11) is 1.60. The van der Waals surface area contributed by atoms with Crippen LogP contribution in [0.5, 0.6) is 0 Å². The number of rotatable bonds is 8. The molecule has 1 heterocycles. The Morgan fingerprint density at radius 1 is 1.00 bits per heavy atom. The highest BCUT2D eigenvalue weighted by atomic mass is 31.2. The van der Waals surface area contributed by atoms with Gasteiger partial charge in [0.25, 0.3) is 8.53 Å². The Hall–Kier alpha value is 0.110. The lowest BCUT2D eigenvalue weighted by Crippen LogP contribution is -2.59. The summed E-state index contributed by atoms with van der Waals surface area (Å²) < 4.78 is 23.8. The second-order valence-corrected chi connectivity index (χ2v) is 7.59. The van der Waals surface area contributed by atoms with Crippen molar-refractivity contribution in [1.29, 1.82) is 0 Å². The van der Waals surface area contributed by atoms with Crippen molar-refractivity contribution in [3.63, 3.8) is 0 Å². The predicted octanol–water partition coefficient (Wildman–Crippen LogP) is 0.449. The molecular formula is C14H30NO7P. The first-order valence-electron chi connectivity index (χ1n) is 7.72. The Labute approximate surface area is 139 Å². The maximum Gasteiger partial charge on any atom is 0.259 e. The van der Waals surface area contributed by atoms with Crippen LogP contribution in [0, 0.1) is 0 Å². The third-order valence-electron chi connectivity index (χ3n) is 3.65. The molecule has 0 aromatic carbocycles. The van der Waals surface area contributed by atoms with Crippen LogP contribution in [-0.2, 0) is 18.5 Å². The van der Waals surface area contributed by atoms with E-state index in [1.165, 1.54) is 7.11 Å². The van der Waals surface area contributed by atoms with Crippen molar-refractivity contribution >= 4 is 8.53 Å². The molecule has 0 radical (unpaired) electrons. The zero-order valence-corrected chi connectivity index (χ0v) is 15.5. The normalized spacial score (nSPS) is 33.7. The van der Waals surface area contributed by atoms with Gasteiger partial charge in [-0.25, -0.2) is 4.67 Å². The third-order valence-corrected chi connectivity index (χ3v) is 5.64. The van der Waals surface area contributed by atoms with Crippen LogP contribution in [-0.4, -0.2) is 83.6 Å². The van der Waals surface area contributed by atoms with Gasteiger partial charge in [0, 0.05) is 26.3 Å². The number of ether oxygens (including phenoxy) is 2. The molecule has 1 unspecified atom stereocenters. The molecule has 0 aromatic heterocycles. The van der Waals surface area contributed by atoms with E-state index in [0.29, 0.717) is 0 Å². The molecule has 0 aliphatic carbocycles. The van der Waals surface area contributed by atoms with Gasteiger partial charge >= 0.3 is 0 Å². The van der Waals surface area contributed by atoms with E-state index in [9.17, 15) is 15.3 Å². The Kier molecular flexibility index (Phi) is 8.79. The summed E-state index contributed by atoms with van der Waals surface area (Å²) in [5.41, 5.74) is 0. The van der Waals surface area contributed by atoms with Crippen LogP contribution < -0.4 is 0 Å². The van der Waals surface area contributed by atoms with Gasteiger partial charge in [-0.05, 0) is 27.7 Å². The van der Waals surface area contributed by atoms with Crippen LogP contribution >= 0.6 is 8.53 Å². The van der Waals surface area contributed by atoms with Crippen molar-refractivity contribution in [3.8, 4) is 0 Å². The topological polar surface area (TPSA) is 101 Å². The van der Waals surface area contributed by atoms with Gasteiger partial charge in [0.05, 0.1) is 6.61 Å². The average Bonchev–Trinajstić information content (AvgIpc) is 2.49. The van der Waals surface area contributed by atoms with Crippen LogP contribution in [0.25, 0.3) is 0 Å². The molecular weight excluding hydrogens is 325 g/mol. The summed E-state index contributed by atoms with van der Waals surface area (Å²) in [5, 5.41) is 29.7. The lowest BCUT2D eigenvalue weighted by atomic mass is 9.99. The molecule has 8 nitrogen and oxygen atoms in total. The van der Waals surface area contributed by atoms with E-state index in [1.807, 2.05) is 27.7 Å². The molecule has 6 atom stereocenters. The second kappa shape index (κ2) is 9.56. The van der Waals surface area contributed by atoms with Crippen molar-refractivity contribution in [2.24, 2.45) is 0 Å². The molecule has 23 heavy (non-hydrogen) atoms. The fourth-order valence-corrected chi connectivity index (χ4v) is 4.03. The first kappa shape index (κ1) is 21.2. The molecule has 1 saturated heterocycles. The molecule has 138 valence electrons. The van der Waals surface area contributed by atoms with Gasteiger partial charge in [0.15, 0.2) is 6.29 Å². The summed E-state index contributed by atoms with van der Waals surface area (Å²) in [6.07, 6.45) is -5.77. The van der Waals surface area contributed by atoms with Crippen molar-refractivity contribution in [3.05, 3.63) is 0 Å². The quantitative estimate of drug-likeness (QED) is 0.540. The Morgan fingerprint density at radius 2 is 1.57 bits per heavy atom. The lowest BCUT2D eigenvalue weighted by molar-refractivity contribution is -0.293. The minimum atomic E-state index is -1.36. The zero-order valence-electron chi connectivity index (χ0n) is 14.6. The zero-order chi connectivity index (χ0) is 17.7. The number of nitrogens with zero attached hydrogens (tertiary/aromatic N) is 1. The van der Waals surface area contributed by atoms with Crippen molar-refractivity contribution in [2.45, 2.75) is 70.5 Å². The molecule has 1 rings (SSSR count). The number of hydrogen-bond acceptors (Lipinski definition) is 8. The van der Waals surface area contributed by atoms with E-state index >= 15 is 0 Å². The highest BCUT2D eigenvalue weighted by Gasteiger charge is 2.44. The standard InChI is InChI=1S/C14H30NO7P/c1-8(2)15(9(3)4)23(20-6)21-7-10-11(16)12(17)13(18)14(19-5)22-10/h8-14,16-18H,7H2,1-6H3/t10-,11-,12+,13+,14+,23?/m1/s1. The lowest BCUT2D eigenvalue weighted by Gasteiger charge is -2.41. The van der Waals surface area contributed by atoms with Crippen LogP contribution in [0.1, 0.15) is 27.7 Å². The van der Waals surface area contributed by atoms with Gasteiger partial charge in [-0.2, -0.15) is 0 Å². The smallest absolute Gasteiger partial charge is 0.259 e. The Balaban J connectivity index is 2.70. The molecule has 0 spiro atoms. The van der Waals surface area contributed by atoms with Crippen LogP contribution in [0.2, 0.25) is 0 Å². The van der Waals surface area contributed by atoms with Crippen LogP contribution in [0.15, 0.2) is 0 Å². The summed E-state index contributed by atoms with van der Waals surface area (Å²) in [6, 6.07) is 0.440. The van der Waals surface area contributed by atoms with Crippen molar-refractivity contribution < 1.29 is 33.8 Å². The molecule has 3 N–H and O–H groups in total. The fourth-order valence-electron chi connectivity index (χ4n) is 2.57. The summed E-state index contributed by atoms with van der Waals surface area (Å²) >= 11 is 0. The van der Waals surface area contributed by atoms with Gasteiger partial charge in [-0.1, -0.05) is 0 Å². The maximum absolute atomic E-state index is 10.0. The molecule has 0 aromatic rings. The number of aliphatic hydroxyl groups is 3. The Morgan fingerprint density at radius 3 is 2.00 bits per heavy atom. The summed E-state index contributed by atoms with van der Waals surface area (Å²) in [5.74, 6) is 0. The fraction of sp³-hybridized carbons (Fsp3) is 1.00. The monoisotopic (exact) mass is 355 g/mol. The molecule has 1 aliphatic rings. The van der Waals surface area contributed by atoms with E-state index in [0.717, 1.165) is 0 Å². The van der Waals surface area contributed by atoms with Gasteiger partial charge < -0.3 is 33.8 Å². The maximum atomic E-state index is 10.0. The minimum absolute atomic E-state index is 0.0142. The third kappa shape index (κ3) is 5.29. The minimum Gasteiger partial charge on any atom is -0.387 e. The first-order valence-corrected chi connectivity index (χ1v) is 8.85. The largest absolute Gasteiger partial charge is 0.387 e. The van der Waals surface area contributed by atoms with Crippen molar-refractivity contribution in [2.75, 3.05) is 20.8 Å². The number of hydrogen-bond donors (Lipinski definition) is 3. The highest BCUT2D eigenvalue weighted by Crippen LogP contribution is 2.45. The SMILES string of the molecule is CO[C@H]1O[C@H](COP(OC)N(C(C)C)C(C)C)[C@@H](O)[C@H](O)[C@@H]1O. The van der Waals surface area contributed by atoms with E-state index < -0.39 is 39.2 Å². The van der Waals surface area contributed by atoms with Gasteiger partial charge in [-0.3, -0.25) is 0 Å². The number of aliphatic hydroxyl groups excluding tert-OH is 3.